The number of rotatable bonds is 3. The summed E-state index contributed by atoms with van der Waals surface area (Å²) in [6.45, 7) is 8.12. The Kier molecular flexibility index (Phi) is 4.31. The molecular weight excluding hydrogens is 296 g/mol. The van der Waals surface area contributed by atoms with Gasteiger partial charge in [-0.1, -0.05) is 5.16 Å². The van der Waals surface area contributed by atoms with Gasteiger partial charge in [-0.2, -0.15) is 4.98 Å². The predicted molar refractivity (Wildman–Crippen MR) is 83.8 cm³/mol. The molecule has 7 heteroatoms. The van der Waals surface area contributed by atoms with E-state index >= 15 is 0 Å². The third kappa shape index (κ3) is 3.83. The minimum atomic E-state index is -0.442. The van der Waals surface area contributed by atoms with Crippen LogP contribution >= 0.6 is 0 Å². The van der Waals surface area contributed by atoms with Gasteiger partial charge < -0.3 is 19.5 Å². The highest BCUT2D eigenvalue weighted by Crippen LogP contribution is 2.36. The first-order valence-electron chi connectivity index (χ1n) is 8.36. The molecule has 3 rings (SSSR count). The monoisotopic (exact) mass is 322 g/mol. The summed E-state index contributed by atoms with van der Waals surface area (Å²) in [7, 11) is 0. The first kappa shape index (κ1) is 16.2. The van der Waals surface area contributed by atoms with Crippen molar-refractivity contribution in [3.63, 3.8) is 0 Å². The van der Waals surface area contributed by atoms with Crippen LogP contribution in [0.2, 0.25) is 0 Å². The largest absolute Gasteiger partial charge is 0.444 e. The maximum atomic E-state index is 12.4. The predicted octanol–water partition coefficient (Wildman–Crippen LogP) is 2.40. The van der Waals surface area contributed by atoms with E-state index in [4.69, 9.17) is 9.26 Å². The number of nitrogens with zero attached hydrogens (tertiary/aromatic N) is 3. The molecule has 0 radical (unpaired) electrons. The van der Waals surface area contributed by atoms with Crippen molar-refractivity contribution in [1.82, 2.24) is 20.4 Å². The number of fused-ring (bicyclic) bond motifs is 2. The van der Waals surface area contributed by atoms with Crippen molar-refractivity contribution in [2.45, 2.75) is 83.6 Å². The number of amides is 1. The Hall–Kier alpha value is -1.63. The standard InChI is InChI=1S/C16H26N4O3/c1-10-18-14(19-23-10)9-17-11-7-12-5-6-13(8-11)20(12)15(21)22-16(2,3)4/h11-13,17H,5-9H2,1-4H3. The summed E-state index contributed by atoms with van der Waals surface area (Å²) in [5.41, 5.74) is -0.442. The molecular formula is C16H26N4O3. The van der Waals surface area contributed by atoms with Crippen molar-refractivity contribution in [1.29, 1.82) is 0 Å². The van der Waals surface area contributed by atoms with E-state index in [0.717, 1.165) is 25.7 Å². The number of carbonyl (C=O) groups is 1. The molecule has 2 atom stereocenters. The fraction of sp³-hybridized carbons (Fsp3) is 0.812. The number of ether oxygens (including phenoxy) is 1. The fourth-order valence-electron chi connectivity index (χ4n) is 3.61. The van der Waals surface area contributed by atoms with E-state index in [1.807, 2.05) is 25.7 Å². The zero-order valence-electron chi connectivity index (χ0n) is 14.3. The Labute approximate surface area is 136 Å². The van der Waals surface area contributed by atoms with E-state index < -0.39 is 5.60 Å². The molecule has 1 amide bonds. The van der Waals surface area contributed by atoms with Gasteiger partial charge in [0.1, 0.15) is 5.60 Å². The highest BCUT2D eigenvalue weighted by atomic mass is 16.6. The Morgan fingerprint density at radius 3 is 2.52 bits per heavy atom. The molecule has 3 heterocycles. The average Bonchev–Trinajstić information content (AvgIpc) is 2.96. The Morgan fingerprint density at radius 2 is 2.00 bits per heavy atom. The molecule has 0 aliphatic carbocycles. The summed E-state index contributed by atoms with van der Waals surface area (Å²) in [6.07, 6.45) is 3.85. The van der Waals surface area contributed by atoms with Gasteiger partial charge in [-0.25, -0.2) is 4.79 Å². The van der Waals surface area contributed by atoms with Gasteiger partial charge in [0.2, 0.25) is 5.89 Å². The van der Waals surface area contributed by atoms with Gasteiger partial charge in [0.15, 0.2) is 5.82 Å². The van der Waals surface area contributed by atoms with Gasteiger partial charge in [-0.15, -0.1) is 0 Å². The minimum Gasteiger partial charge on any atom is -0.444 e. The molecule has 23 heavy (non-hydrogen) atoms. The van der Waals surface area contributed by atoms with E-state index in [2.05, 4.69) is 15.5 Å². The van der Waals surface area contributed by atoms with Crippen LogP contribution in [0.1, 0.15) is 58.2 Å². The maximum absolute atomic E-state index is 12.4. The summed E-state index contributed by atoms with van der Waals surface area (Å²) in [5.74, 6) is 1.27. The van der Waals surface area contributed by atoms with Crippen LogP contribution in [0, 0.1) is 6.92 Å². The maximum Gasteiger partial charge on any atom is 0.410 e. The van der Waals surface area contributed by atoms with Crippen molar-refractivity contribution in [2.75, 3.05) is 0 Å². The first-order valence-corrected chi connectivity index (χ1v) is 8.36. The van der Waals surface area contributed by atoms with Crippen LogP contribution in [0.5, 0.6) is 0 Å². The number of hydrogen-bond acceptors (Lipinski definition) is 6. The van der Waals surface area contributed by atoms with Gasteiger partial charge in [0.25, 0.3) is 0 Å². The SMILES string of the molecule is Cc1nc(CNC2CC3CCC(C2)N3C(=O)OC(C)(C)C)no1. The number of carbonyl (C=O) groups excluding carboxylic acids is 1. The first-order chi connectivity index (χ1) is 10.8. The van der Waals surface area contributed by atoms with Crippen LogP contribution in [0.25, 0.3) is 0 Å². The molecule has 0 saturated carbocycles. The van der Waals surface area contributed by atoms with Crippen molar-refractivity contribution in [2.24, 2.45) is 0 Å². The molecule has 0 spiro atoms. The van der Waals surface area contributed by atoms with E-state index in [0.29, 0.717) is 24.3 Å². The summed E-state index contributed by atoms with van der Waals surface area (Å²) >= 11 is 0. The molecule has 7 nitrogen and oxygen atoms in total. The van der Waals surface area contributed by atoms with Gasteiger partial charge in [-0.05, 0) is 46.5 Å². The second-order valence-electron chi connectivity index (χ2n) is 7.55. The second kappa shape index (κ2) is 6.11. The van der Waals surface area contributed by atoms with Crippen LogP contribution in [-0.4, -0.2) is 44.9 Å². The number of piperidine rings is 1. The fourth-order valence-corrected chi connectivity index (χ4v) is 3.61. The Morgan fingerprint density at radius 1 is 1.35 bits per heavy atom. The highest BCUT2D eigenvalue weighted by molar-refractivity contribution is 5.69. The third-order valence-corrected chi connectivity index (χ3v) is 4.46. The molecule has 1 aromatic rings. The minimum absolute atomic E-state index is 0.169. The lowest BCUT2D eigenvalue weighted by molar-refractivity contribution is 0.00463. The Balaban J connectivity index is 1.55. The van der Waals surface area contributed by atoms with Crippen molar-refractivity contribution < 1.29 is 14.1 Å². The molecule has 2 fully saturated rings. The second-order valence-corrected chi connectivity index (χ2v) is 7.55. The highest BCUT2D eigenvalue weighted by Gasteiger charge is 2.44. The van der Waals surface area contributed by atoms with Gasteiger partial charge in [-0.3, -0.25) is 0 Å². The molecule has 128 valence electrons. The van der Waals surface area contributed by atoms with E-state index in [9.17, 15) is 4.79 Å². The van der Waals surface area contributed by atoms with Crippen LogP contribution in [0.15, 0.2) is 4.52 Å². The molecule has 2 unspecified atom stereocenters. The molecule has 2 aliphatic rings. The van der Waals surface area contributed by atoms with Crippen molar-refractivity contribution in [3.8, 4) is 0 Å². The molecule has 1 aromatic heterocycles. The topological polar surface area (TPSA) is 80.5 Å². The number of aromatic nitrogens is 2. The summed E-state index contributed by atoms with van der Waals surface area (Å²) in [5, 5.41) is 7.40. The normalized spacial score (nSPS) is 27.3. The zero-order valence-corrected chi connectivity index (χ0v) is 14.3. The van der Waals surface area contributed by atoms with Gasteiger partial charge in [0, 0.05) is 25.0 Å². The zero-order chi connectivity index (χ0) is 16.6. The lowest BCUT2D eigenvalue weighted by Gasteiger charge is -2.39. The average molecular weight is 322 g/mol. The smallest absolute Gasteiger partial charge is 0.410 e. The van der Waals surface area contributed by atoms with Gasteiger partial charge in [0.05, 0.1) is 6.54 Å². The summed E-state index contributed by atoms with van der Waals surface area (Å²) in [6, 6.07) is 0.922. The van der Waals surface area contributed by atoms with Crippen molar-refractivity contribution in [3.05, 3.63) is 11.7 Å². The Bertz CT molecular complexity index is 552. The quantitative estimate of drug-likeness (QED) is 0.920. The van der Waals surface area contributed by atoms with Crippen molar-refractivity contribution >= 4 is 6.09 Å². The molecule has 2 saturated heterocycles. The lowest BCUT2D eigenvalue weighted by atomic mass is 9.98. The summed E-state index contributed by atoms with van der Waals surface area (Å²) < 4.78 is 10.5. The van der Waals surface area contributed by atoms with E-state index in [1.165, 1.54) is 0 Å². The van der Waals surface area contributed by atoms with Gasteiger partial charge >= 0.3 is 6.09 Å². The number of nitrogens with one attached hydrogen (secondary N) is 1. The van der Waals surface area contributed by atoms with Crippen LogP contribution in [0.3, 0.4) is 0 Å². The molecule has 2 bridgehead atoms. The van der Waals surface area contributed by atoms with Crippen LogP contribution in [0.4, 0.5) is 4.79 Å². The number of aryl methyl sites for hydroxylation is 1. The van der Waals surface area contributed by atoms with E-state index in [1.54, 1.807) is 6.92 Å². The molecule has 2 aliphatic heterocycles. The van der Waals surface area contributed by atoms with Crippen LogP contribution < -0.4 is 5.32 Å². The number of hydrogen-bond donors (Lipinski definition) is 1. The third-order valence-electron chi connectivity index (χ3n) is 4.46. The van der Waals surface area contributed by atoms with E-state index in [-0.39, 0.29) is 18.2 Å². The summed E-state index contributed by atoms with van der Waals surface area (Å²) in [4.78, 5) is 18.6. The molecule has 0 aromatic carbocycles. The lowest BCUT2D eigenvalue weighted by Crippen LogP contribution is -2.52. The molecule has 1 N–H and O–H groups in total. The van der Waals surface area contributed by atoms with Crippen LogP contribution in [-0.2, 0) is 11.3 Å².